The molecule has 0 aromatic carbocycles. The molecule has 0 aliphatic heterocycles. The first-order chi connectivity index (χ1) is 5.77. The molecule has 2 rings (SSSR count). The third-order valence-electron chi connectivity index (χ3n) is 2.22. The van der Waals surface area contributed by atoms with Gasteiger partial charge in [-0.25, -0.2) is 4.98 Å². The Labute approximate surface area is 76.3 Å². The molecule has 0 bridgehead atoms. The number of aliphatic hydroxyl groups excluding tert-OH is 1. The number of hydrogen-bond donors (Lipinski definition) is 1. The van der Waals surface area contributed by atoms with Gasteiger partial charge in [0, 0.05) is 4.88 Å². The summed E-state index contributed by atoms with van der Waals surface area (Å²) in [6.07, 6.45) is 4.43. The van der Waals surface area contributed by atoms with Crippen molar-refractivity contribution in [1.82, 2.24) is 4.98 Å². The number of hydrogen-bond acceptors (Lipinski definition) is 3. The molecule has 12 heavy (non-hydrogen) atoms. The molecule has 1 heterocycles. The van der Waals surface area contributed by atoms with E-state index in [1.807, 2.05) is 0 Å². The van der Waals surface area contributed by atoms with Crippen LogP contribution in [-0.2, 0) is 12.8 Å². The van der Waals surface area contributed by atoms with Gasteiger partial charge in [-0.15, -0.1) is 11.3 Å². The third-order valence-corrected chi connectivity index (χ3v) is 3.55. The number of aryl methyl sites for hydroxylation is 2. The van der Waals surface area contributed by atoms with Crippen molar-refractivity contribution in [3.8, 4) is 0 Å². The van der Waals surface area contributed by atoms with Gasteiger partial charge in [0.1, 0.15) is 11.1 Å². The fourth-order valence-electron chi connectivity index (χ4n) is 1.55. The standard InChI is InChI=1S/C9H13NOS/c1-6(11)9-10-7-4-2-3-5-8(7)12-9/h6,11H,2-5H2,1H3. The highest BCUT2D eigenvalue weighted by molar-refractivity contribution is 7.11. The molecule has 1 atom stereocenters. The minimum Gasteiger partial charge on any atom is -0.386 e. The first-order valence-electron chi connectivity index (χ1n) is 4.44. The molecule has 66 valence electrons. The summed E-state index contributed by atoms with van der Waals surface area (Å²) in [4.78, 5) is 5.82. The van der Waals surface area contributed by atoms with E-state index >= 15 is 0 Å². The van der Waals surface area contributed by atoms with Crippen LogP contribution >= 0.6 is 11.3 Å². The van der Waals surface area contributed by atoms with Gasteiger partial charge in [0.25, 0.3) is 0 Å². The summed E-state index contributed by atoms with van der Waals surface area (Å²) in [7, 11) is 0. The van der Waals surface area contributed by atoms with Crippen molar-refractivity contribution in [2.24, 2.45) is 0 Å². The van der Waals surface area contributed by atoms with E-state index in [1.54, 1.807) is 18.3 Å². The van der Waals surface area contributed by atoms with E-state index in [9.17, 15) is 5.11 Å². The lowest BCUT2D eigenvalue weighted by molar-refractivity contribution is 0.198. The first-order valence-corrected chi connectivity index (χ1v) is 5.25. The van der Waals surface area contributed by atoms with Gasteiger partial charge in [0.15, 0.2) is 0 Å². The highest BCUT2D eigenvalue weighted by Gasteiger charge is 2.16. The highest BCUT2D eigenvalue weighted by atomic mass is 32.1. The first kappa shape index (κ1) is 8.20. The number of fused-ring (bicyclic) bond motifs is 1. The molecular weight excluding hydrogens is 170 g/mol. The Hall–Kier alpha value is -0.410. The predicted octanol–water partition coefficient (Wildman–Crippen LogP) is 2.08. The third kappa shape index (κ3) is 1.39. The van der Waals surface area contributed by atoms with Crippen molar-refractivity contribution < 1.29 is 5.11 Å². The van der Waals surface area contributed by atoms with Gasteiger partial charge in [0.2, 0.25) is 0 Å². The summed E-state index contributed by atoms with van der Waals surface area (Å²) in [5, 5.41) is 10.2. The lowest BCUT2D eigenvalue weighted by Gasteiger charge is -2.06. The molecule has 0 spiro atoms. The predicted molar refractivity (Wildman–Crippen MR) is 49.4 cm³/mol. The van der Waals surface area contributed by atoms with Gasteiger partial charge in [-0.2, -0.15) is 0 Å². The van der Waals surface area contributed by atoms with Crippen LogP contribution in [0.25, 0.3) is 0 Å². The Kier molecular flexibility index (Phi) is 2.15. The fraction of sp³-hybridized carbons (Fsp3) is 0.667. The molecule has 0 radical (unpaired) electrons. The van der Waals surface area contributed by atoms with E-state index in [1.165, 1.54) is 29.8 Å². The molecule has 0 fully saturated rings. The maximum atomic E-state index is 9.32. The average molecular weight is 183 g/mol. The molecular formula is C9H13NOS. The number of aliphatic hydroxyl groups is 1. The van der Waals surface area contributed by atoms with Crippen molar-refractivity contribution in [2.75, 3.05) is 0 Å². The van der Waals surface area contributed by atoms with Gasteiger partial charge in [-0.3, -0.25) is 0 Å². The molecule has 2 nitrogen and oxygen atoms in total. The number of aromatic nitrogens is 1. The maximum absolute atomic E-state index is 9.32. The lowest BCUT2D eigenvalue weighted by atomic mass is 10.0. The van der Waals surface area contributed by atoms with Crippen molar-refractivity contribution in [2.45, 2.75) is 38.7 Å². The quantitative estimate of drug-likeness (QED) is 0.723. The van der Waals surface area contributed by atoms with E-state index in [2.05, 4.69) is 4.98 Å². The largest absolute Gasteiger partial charge is 0.386 e. The van der Waals surface area contributed by atoms with Gasteiger partial charge in [-0.1, -0.05) is 0 Å². The molecule has 1 aromatic heterocycles. The Balaban J connectivity index is 2.32. The summed E-state index contributed by atoms with van der Waals surface area (Å²) < 4.78 is 0. The Morgan fingerprint density at radius 1 is 1.42 bits per heavy atom. The van der Waals surface area contributed by atoms with E-state index in [0.29, 0.717) is 0 Å². The zero-order chi connectivity index (χ0) is 8.55. The Bertz CT molecular complexity index is 257. The summed E-state index contributed by atoms with van der Waals surface area (Å²) in [6.45, 7) is 1.78. The highest BCUT2D eigenvalue weighted by Crippen LogP contribution is 2.29. The molecule has 1 aliphatic rings. The van der Waals surface area contributed by atoms with E-state index < -0.39 is 0 Å². The van der Waals surface area contributed by atoms with Crippen LogP contribution in [-0.4, -0.2) is 10.1 Å². The van der Waals surface area contributed by atoms with Gasteiger partial charge >= 0.3 is 0 Å². The van der Waals surface area contributed by atoms with Gasteiger partial charge in [0.05, 0.1) is 5.69 Å². The Morgan fingerprint density at radius 2 is 2.17 bits per heavy atom. The van der Waals surface area contributed by atoms with E-state index in [0.717, 1.165) is 11.4 Å². The van der Waals surface area contributed by atoms with Gasteiger partial charge < -0.3 is 5.11 Å². The average Bonchev–Trinajstić information content (AvgIpc) is 2.46. The summed E-state index contributed by atoms with van der Waals surface area (Å²) in [6, 6.07) is 0. The minimum atomic E-state index is -0.388. The van der Waals surface area contributed by atoms with E-state index in [4.69, 9.17) is 0 Å². The SMILES string of the molecule is CC(O)c1nc2c(s1)CCCC2. The van der Waals surface area contributed by atoms with Crippen LogP contribution in [0.15, 0.2) is 0 Å². The fourth-order valence-corrected chi connectivity index (χ4v) is 2.64. The van der Waals surface area contributed by atoms with Crippen molar-refractivity contribution in [3.05, 3.63) is 15.6 Å². The zero-order valence-electron chi connectivity index (χ0n) is 7.21. The number of thiazole rings is 1. The van der Waals surface area contributed by atoms with Crippen molar-refractivity contribution in [3.63, 3.8) is 0 Å². The van der Waals surface area contributed by atoms with Gasteiger partial charge in [-0.05, 0) is 32.6 Å². The van der Waals surface area contributed by atoms with Crippen molar-refractivity contribution >= 4 is 11.3 Å². The summed E-state index contributed by atoms with van der Waals surface area (Å²) >= 11 is 1.68. The van der Waals surface area contributed by atoms with Crippen LogP contribution in [0, 0.1) is 0 Å². The Morgan fingerprint density at radius 3 is 2.83 bits per heavy atom. The van der Waals surface area contributed by atoms with Crippen molar-refractivity contribution in [1.29, 1.82) is 0 Å². The molecule has 1 aromatic rings. The molecule has 0 amide bonds. The topological polar surface area (TPSA) is 33.1 Å². The van der Waals surface area contributed by atoms with Crippen LogP contribution in [0.4, 0.5) is 0 Å². The van der Waals surface area contributed by atoms with E-state index in [-0.39, 0.29) is 6.10 Å². The second-order valence-corrected chi connectivity index (χ2v) is 4.42. The number of rotatable bonds is 1. The molecule has 0 saturated carbocycles. The molecule has 1 aliphatic carbocycles. The number of nitrogens with zero attached hydrogens (tertiary/aromatic N) is 1. The summed E-state index contributed by atoms with van der Waals surface area (Å²) in [5.41, 5.74) is 1.24. The second kappa shape index (κ2) is 3.15. The molecule has 1 N–H and O–H groups in total. The second-order valence-electron chi connectivity index (χ2n) is 3.31. The zero-order valence-corrected chi connectivity index (χ0v) is 8.02. The summed E-state index contributed by atoms with van der Waals surface area (Å²) in [5.74, 6) is 0. The maximum Gasteiger partial charge on any atom is 0.121 e. The van der Waals surface area contributed by atoms with Crippen LogP contribution < -0.4 is 0 Å². The molecule has 3 heteroatoms. The van der Waals surface area contributed by atoms with Crippen LogP contribution in [0.5, 0.6) is 0 Å². The molecule has 1 unspecified atom stereocenters. The smallest absolute Gasteiger partial charge is 0.121 e. The monoisotopic (exact) mass is 183 g/mol. The lowest BCUT2D eigenvalue weighted by Crippen LogP contribution is -1.99. The van der Waals surface area contributed by atoms with Crippen LogP contribution in [0.1, 0.15) is 41.4 Å². The minimum absolute atomic E-state index is 0.388. The normalized spacial score (nSPS) is 18.8. The van der Waals surface area contributed by atoms with Crippen LogP contribution in [0.2, 0.25) is 0 Å². The molecule has 0 saturated heterocycles. The van der Waals surface area contributed by atoms with Crippen LogP contribution in [0.3, 0.4) is 0 Å².